The van der Waals surface area contributed by atoms with Crippen molar-refractivity contribution in [2.24, 2.45) is 0 Å². The van der Waals surface area contributed by atoms with Gasteiger partial charge in [0.15, 0.2) is 5.78 Å². The van der Waals surface area contributed by atoms with E-state index < -0.39 is 5.97 Å². The number of carbonyl (C=O) groups excluding carboxylic acids is 1. The predicted molar refractivity (Wildman–Crippen MR) is 120 cm³/mol. The van der Waals surface area contributed by atoms with Gasteiger partial charge in [-0.1, -0.05) is 47.5 Å². The summed E-state index contributed by atoms with van der Waals surface area (Å²) in [4.78, 5) is 23.8. The zero-order valence-corrected chi connectivity index (χ0v) is 17.7. The Labute approximate surface area is 185 Å². The van der Waals surface area contributed by atoms with Crippen LogP contribution in [0.3, 0.4) is 0 Å². The van der Waals surface area contributed by atoms with Gasteiger partial charge in [-0.05, 0) is 72.6 Å². The highest BCUT2D eigenvalue weighted by Gasteiger charge is 2.17. The molecule has 1 atom stereocenters. The van der Waals surface area contributed by atoms with Gasteiger partial charge in [-0.3, -0.25) is 4.79 Å². The molecule has 0 radical (unpaired) electrons. The molecule has 30 heavy (non-hydrogen) atoms. The SMILES string of the molecule is O=C(O)c1ccc(CCNC(CC(=O)c2ccc(Cl)cc2)c2ccc(Cl)cc2)cc1. The number of hydrogen-bond donors (Lipinski definition) is 2. The summed E-state index contributed by atoms with van der Waals surface area (Å²) >= 11 is 11.9. The van der Waals surface area contributed by atoms with Crippen LogP contribution in [0.25, 0.3) is 0 Å². The summed E-state index contributed by atoms with van der Waals surface area (Å²) in [6, 6.07) is 20.9. The Bertz CT molecular complexity index is 1000. The van der Waals surface area contributed by atoms with Gasteiger partial charge in [0.05, 0.1) is 5.56 Å². The first-order valence-corrected chi connectivity index (χ1v) is 10.3. The second kappa shape index (κ2) is 10.4. The number of halogens is 2. The van der Waals surface area contributed by atoms with E-state index in [1.807, 2.05) is 24.3 Å². The van der Waals surface area contributed by atoms with E-state index in [0.29, 0.717) is 35.0 Å². The number of ketones is 1. The zero-order chi connectivity index (χ0) is 21.5. The number of aromatic carboxylic acids is 1. The van der Waals surface area contributed by atoms with E-state index >= 15 is 0 Å². The van der Waals surface area contributed by atoms with Gasteiger partial charge < -0.3 is 10.4 Å². The van der Waals surface area contributed by atoms with E-state index in [4.69, 9.17) is 28.3 Å². The minimum atomic E-state index is -0.941. The van der Waals surface area contributed by atoms with Crippen molar-refractivity contribution in [3.05, 3.63) is 105 Å². The highest BCUT2D eigenvalue weighted by Crippen LogP contribution is 2.22. The van der Waals surface area contributed by atoms with Crippen LogP contribution in [0, 0.1) is 0 Å². The molecule has 0 fully saturated rings. The van der Waals surface area contributed by atoms with Crippen molar-refractivity contribution in [1.82, 2.24) is 5.32 Å². The lowest BCUT2D eigenvalue weighted by Crippen LogP contribution is -2.26. The van der Waals surface area contributed by atoms with Crippen LogP contribution in [0.1, 0.15) is 44.3 Å². The van der Waals surface area contributed by atoms with Gasteiger partial charge in [0.25, 0.3) is 0 Å². The lowest BCUT2D eigenvalue weighted by molar-refractivity contribution is 0.0696. The maximum Gasteiger partial charge on any atom is 0.335 e. The number of nitrogens with one attached hydrogen (secondary N) is 1. The van der Waals surface area contributed by atoms with E-state index in [9.17, 15) is 9.59 Å². The van der Waals surface area contributed by atoms with Crippen LogP contribution >= 0.6 is 23.2 Å². The fourth-order valence-electron chi connectivity index (χ4n) is 3.15. The number of carboxylic acid groups (broad SMARTS) is 1. The Hall–Kier alpha value is -2.66. The van der Waals surface area contributed by atoms with Gasteiger partial charge in [0, 0.05) is 28.1 Å². The van der Waals surface area contributed by atoms with E-state index in [0.717, 1.165) is 11.1 Å². The summed E-state index contributed by atoms with van der Waals surface area (Å²) in [5, 5.41) is 13.7. The molecular weight excluding hydrogens is 421 g/mol. The van der Waals surface area contributed by atoms with Gasteiger partial charge in [-0.2, -0.15) is 0 Å². The highest BCUT2D eigenvalue weighted by molar-refractivity contribution is 6.30. The van der Waals surface area contributed by atoms with Crippen molar-refractivity contribution in [3.8, 4) is 0 Å². The predicted octanol–water partition coefficient (Wildman–Crippen LogP) is 5.84. The molecule has 2 N–H and O–H groups in total. The molecule has 0 saturated carbocycles. The third-order valence-electron chi connectivity index (χ3n) is 4.83. The molecule has 0 aliphatic rings. The molecule has 4 nitrogen and oxygen atoms in total. The molecule has 0 aliphatic heterocycles. The minimum Gasteiger partial charge on any atom is -0.478 e. The highest BCUT2D eigenvalue weighted by atomic mass is 35.5. The monoisotopic (exact) mass is 441 g/mol. The summed E-state index contributed by atoms with van der Waals surface area (Å²) < 4.78 is 0. The lowest BCUT2D eigenvalue weighted by atomic mass is 9.97. The zero-order valence-electron chi connectivity index (χ0n) is 16.1. The maximum absolute atomic E-state index is 12.8. The van der Waals surface area contributed by atoms with Crippen molar-refractivity contribution < 1.29 is 14.7 Å². The van der Waals surface area contributed by atoms with Crippen molar-refractivity contribution in [2.75, 3.05) is 6.54 Å². The molecular formula is C24H21Cl2NO3. The molecule has 0 spiro atoms. The molecule has 0 saturated heterocycles. The number of Topliss-reactive ketones (excluding diaryl/α,β-unsaturated/α-hetero) is 1. The smallest absolute Gasteiger partial charge is 0.335 e. The fourth-order valence-corrected chi connectivity index (χ4v) is 3.40. The first kappa shape index (κ1) is 22.0. The molecule has 6 heteroatoms. The van der Waals surface area contributed by atoms with Crippen LogP contribution in [-0.4, -0.2) is 23.4 Å². The largest absolute Gasteiger partial charge is 0.478 e. The Morgan fingerprint density at radius 1 is 0.800 bits per heavy atom. The molecule has 0 aliphatic carbocycles. The Balaban J connectivity index is 1.68. The van der Waals surface area contributed by atoms with Crippen LogP contribution in [0.2, 0.25) is 10.0 Å². The normalized spacial score (nSPS) is 11.8. The van der Waals surface area contributed by atoms with Crippen molar-refractivity contribution in [2.45, 2.75) is 18.9 Å². The number of carboxylic acids is 1. The number of rotatable bonds is 9. The van der Waals surface area contributed by atoms with Gasteiger partial charge in [-0.15, -0.1) is 0 Å². The van der Waals surface area contributed by atoms with E-state index in [2.05, 4.69) is 5.32 Å². The third kappa shape index (κ3) is 6.17. The van der Waals surface area contributed by atoms with Gasteiger partial charge >= 0.3 is 5.97 Å². The number of hydrogen-bond acceptors (Lipinski definition) is 3. The van der Waals surface area contributed by atoms with Gasteiger partial charge in [0.1, 0.15) is 0 Å². The molecule has 0 aromatic heterocycles. The van der Waals surface area contributed by atoms with Crippen LogP contribution < -0.4 is 5.32 Å². The molecule has 0 bridgehead atoms. The molecule has 3 aromatic carbocycles. The molecule has 0 heterocycles. The lowest BCUT2D eigenvalue weighted by Gasteiger charge is -2.19. The maximum atomic E-state index is 12.8. The molecule has 0 amide bonds. The van der Waals surface area contributed by atoms with Crippen molar-refractivity contribution in [1.29, 1.82) is 0 Å². The third-order valence-corrected chi connectivity index (χ3v) is 5.34. The Morgan fingerprint density at radius 3 is 1.90 bits per heavy atom. The summed E-state index contributed by atoms with van der Waals surface area (Å²) in [6.07, 6.45) is 1.00. The fraction of sp³-hybridized carbons (Fsp3) is 0.167. The average molecular weight is 442 g/mol. The summed E-state index contributed by atoms with van der Waals surface area (Å²) in [5.74, 6) is -0.923. The quantitative estimate of drug-likeness (QED) is 0.409. The van der Waals surface area contributed by atoms with Crippen molar-refractivity contribution >= 4 is 35.0 Å². The second-order valence-electron chi connectivity index (χ2n) is 6.94. The standard InChI is InChI=1S/C24H21Cl2NO3/c25-20-9-5-17(6-10-20)22(15-23(28)18-7-11-21(26)12-8-18)27-14-13-16-1-3-19(4-2-16)24(29)30/h1-12,22,27H,13-15H2,(H,29,30). The summed E-state index contributed by atoms with van der Waals surface area (Å²) in [7, 11) is 0. The minimum absolute atomic E-state index is 0.0185. The van der Waals surface area contributed by atoms with Crippen LogP contribution in [-0.2, 0) is 6.42 Å². The summed E-state index contributed by atoms with van der Waals surface area (Å²) in [6.45, 7) is 0.633. The van der Waals surface area contributed by atoms with E-state index in [1.54, 1.807) is 48.5 Å². The Morgan fingerprint density at radius 2 is 1.33 bits per heavy atom. The molecule has 154 valence electrons. The van der Waals surface area contributed by atoms with Crippen molar-refractivity contribution in [3.63, 3.8) is 0 Å². The molecule has 3 aromatic rings. The topological polar surface area (TPSA) is 66.4 Å². The molecule has 1 unspecified atom stereocenters. The van der Waals surface area contributed by atoms with Crippen LogP contribution in [0.5, 0.6) is 0 Å². The first-order chi connectivity index (χ1) is 14.4. The Kier molecular flexibility index (Phi) is 7.63. The second-order valence-corrected chi connectivity index (χ2v) is 7.82. The molecule has 3 rings (SSSR count). The van der Waals surface area contributed by atoms with Gasteiger partial charge in [0.2, 0.25) is 0 Å². The van der Waals surface area contributed by atoms with Gasteiger partial charge in [-0.25, -0.2) is 4.79 Å². The average Bonchev–Trinajstić information content (AvgIpc) is 2.74. The van der Waals surface area contributed by atoms with E-state index in [1.165, 1.54) is 0 Å². The van der Waals surface area contributed by atoms with Crippen LogP contribution in [0.4, 0.5) is 0 Å². The number of benzene rings is 3. The first-order valence-electron chi connectivity index (χ1n) is 9.52. The van der Waals surface area contributed by atoms with E-state index in [-0.39, 0.29) is 17.4 Å². The number of carbonyl (C=O) groups is 2. The summed E-state index contributed by atoms with van der Waals surface area (Å²) in [5.41, 5.74) is 2.87. The van der Waals surface area contributed by atoms with Crippen LogP contribution in [0.15, 0.2) is 72.8 Å².